The van der Waals surface area contributed by atoms with E-state index in [1.165, 1.54) is 24.0 Å². The molecule has 2 aromatic rings. The van der Waals surface area contributed by atoms with Crippen LogP contribution in [-0.2, 0) is 13.6 Å². The minimum absolute atomic E-state index is 0.582. The molecule has 1 saturated heterocycles. The molecule has 2 unspecified atom stereocenters. The van der Waals surface area contributed by atoms with Gasteiger partial charge in [-0.3, -0.25) is 4.90 Å². The molecule has 1 aromatic heterocycles. The Labute approximate surface area is 113 Å². The summed E-state index contributed by atoms with van der Waals surface area (Å²) < 4.78 is 2.10. The van der Waals surface area contributed by atoms with Crippen molar-refractivity contribution in [1.29, 1.82) is 0 Å². The van der Waals surface area contributed by atoms with Crippen LogP contribution < -0.4 is 0 Å². The molecule has 2 bridgehead atoms. The van der Waals surface area contributed by atoms with Crippen LogP contribution in [0.25, 0.3) is 0 Å². The number of benzene rings is 1. The van der Waals surface area contributed by atoms with E-state index in [2.05, 4.69) is 51.0 Å². The van der Waals surface area contributed by atoms with Gasteiger partial charge < -0.3 is 4.57 Å². The van der Waals surface area contributed by atoms with Crippen LogP contribution in [0.3, 0.4) is 0 Å². The van der Waals surface area contributed by atoms with Gasteiger partial charge in [-0.25, -0.2) is 0 Å². The fraction of sp³-hybridized carbons (Fsp3) is 0.467. The molecule has 1 fully saturated rings. The summed E-state index contributed by atoms with van der Waals surface area (Å²) in [5, 5.41) is 8.47. The van der Waals surface area contributed by atoms with Crippen molar-refractivity contribution < 1.29 is 0 Å². The number of fused-ring (bicyclic) bond motifs is 5. The predicted molar refractivity (Wildman–Crippen MR) is 72.4 cm³/mol. The highest BCUT2D eigenvalue weighted by molar-refractivity contribution is 5.39. The van der Waals surface area contributed by atoms with Crippen LogP contribution in [0.5, 0.6) is 0 Å². The third-order valence-corrected chi connectivity index (χ3v) is 4.73. The van der Waals surface area contributed by atoms with E-state index in [0.717, 1.165) is 18.2 Å². The summed E-state index contributed by atoms with van der Waals surface area (Å²) in [6, 6.07) is 10.0. The van der Waals surface area contributed by atoms with Crippen molar-refractivity contribution in [3.05, 3.63) is 47.0 Å². The lowest BCUT2D eigenvalue weighted by Gasteiger charge is -2.21. The van der Waals surface area contributed by atoms with E-state index in [1.54, 1.807) is 0 Å². The highest BCUT2D eigenvalue weighted by Crippen LogP contribution is 2.53. The van der Waals surface area contributed by atoms with Crippen LogP contribution in [-0.4, -0.2) is 19.7 Å². The molecule has 3 heterocycles. The summed E-state index contributed by atoms with van der Waals surface area (Å²) in [6.07, 6.45) is 2.55. The number of aromatic nitrogens is 3. The molecule has 19 heavy (non-hydrogen) atoms. The molecule has 2 aliphatic heterocycles. The van der Waals surface area contributed by atoms with Crippen molar-refractivity contribution >= 4 is 0 Å². The molecule has 0 N–H and O–H groups in total. The molecule has 4 nitrogen and oxygen atoms in total. The Morgan fingerprint density at radius 1 is 1.11 bits per heavy atom. The van der Waals surface area contributed by atoms with E-state index in [0.29, 0.717) is 12.1 Å². The first kappa shape index (κ1) is 11.2. The fourth-order valence-corrected chi connectivity index (χ4v) is 3.62. The molecule has 4 heteroatoms. The average Bonchev–Trinajstić information content (AvgIpc) is 3.07. The van der Waals surface area contributed by atoms with Gasteiger partial charge in [0.2, 0.25) is 0 Å². The van der Waals surface area contributed by atoms with Crippen molar-refractivity contribution in [2.75, 3.05) is 0 Å². The van der Waals surface area contributed by atoms with Crippen LogP contribution in [0.2, 0.25) is 0 Å². The first-order chi connectivity index (χ1) is 9.25. The van der Waals surface area contributed by atoms with E-state index in [9.17, 15) is 0 Å². The smallest absolute Gasteiger partial charge is 0.147 e. The molecule has 2 aliphatic rings. The van der Waals surface area contributed by atoms with Crippen molar-refractivity contribution in [3.63, 3.8) is 0 Å². The minimum atomic E-state index is 0.582. The fourth-order valence-electron chi connectivity index (χ4n) is 3.62. The van der Waals surface area contributed by atoms with E-state index in [1.807, 2.05) is 6.92 Å². The van der Waals surface area contributed by atoms with Gasteiger partial charge in [0.25, 0.3) is 0 Å². The maximum atomic E-state index is 4.31. The monoisotopic (exact) mass is 254 g/mol. The predicted octanol–water partition coefficient (Wildman–Crippen LogP) is 2.52. The van der Waals surface area contributed by atoms with Gasteiger partial charge in [-0.1, -0.05) is 24.3 Å². The number of rotatable bonds is 2. The van der Waals surface area contributed by atoms with Gasteiger partial charge in [0, 0.05) is 19.1 Å². The Balaban J connectivity index is 1.67. The maximum absolute atomic E-state index is 4.31. The lowest BCUT2D eigenvalue weighted by molar-refractivity contribution is 0.206. The first-order valence-electron chi connectivity index (χ1n) is 6.95. The SMILES string of the molecule is Cc1nnc(CN2C3CCC2c2ccccc23)n1C. The summed E-state index contributed by atoms with van der Waals surface area (Å²) in [6.45, 7) is 2.91. The Morgan fingerprint density at radius 3 is 2.26 bits per heavy atom. The number of aryl methyl sites for hydroxylation is 1. The van der Waals surface area contributed by atoms with E-state index < -0.39 is 0 Å². The largest absolute Gasteiger partial charge is 0.317 e. The highest BCUT2D eigenvalue weighted by Gasteiger charge is 2.43. The van der Waals surface area contributed by atoms with Crippen LogP contribution in [0.4, 0.5) is 0 Å². The van der Waals surface area contributed by atoms with Gasteiger partial charge in [-0.15, -0.1) is 10.2 Å². The molecule has 0 aliphatic carbocycles. The summed E-state index contributed by atoms with van der Waals surface area (Å²) in [5.41, 5.74) is 3.05. The van der Waals surface area contributed by atoms with Crippen LogP contribution >= 0.6 is 0 Å². The molecule has 0 amide bonds. The van der Waals surface area contributed by atoms with Gasteiger partial charge in [-0.05, 0) is 30.9 Å². The lowest BCUT2D eigenvalue weighted by atomic mass is 9.92. The van der Waals surface area contributed by atoms with Crippen LogP contribution in [0, 0.1) is 6.92 Å². The number of hydrogen-bond acceptors (Lipinski definition) is 3. The molecular formula is C15H18N4. The summed E-state index contributed by atoms with van der Waals surface area (Å²) in [5.74, 6) is 2.06. The standard InChI is InChI=1S/C15H18N4/c1-10-16-17-15(18(10)2)9-19-13-7-8-14(19)12-6-4-3-5-11(12)13/h3-6,13-14H,7-9H2,1-2H3. The molecule has 98 valence electrons. The first-order valence-corrected chi connectivity index (χ1v) is 6.95. The van der Waals surface area contributed by atoms with Crippen LogP contribution in [0.15, 0.2) is 24.3 Å². The van der Waals surface area contributed by atoms with Crippen molar-refractivity contribution in [2.45, 2.75) is 38.4 Å². The second-order valence-corrected chi connectivity index (χ2v) is 5.63. The molecule has 0 saturated carbocycles. The zero-order valence-corrected chi connectivity index (χ0v) is 11.4. The summed E-state index contributed by atoms with van der Waals surface area (Å²) in [7, 11) is 2.05. The van der Waals surface area contributed by atoms with Gasteiger partial charge in [-0.2, -0.15) is 0 Å². The molecule has 0 spiro atoms. The van der Waals surface area contributed by atoms with E-state index in [4.69, 9.17) is 0 Å². The molecule has 1 aromatic carbocycles. The zero-order chi connectivity index (χ0) is 13.0. The minimum Gasteiger partial charge on any atom is -0.317 e. The van der Waals surface area contributed by atoms with Gasteiger partial charge in [0.15, 0.2) is 0 Å². The van der Waals surface area contributed by atoms with Crippen molar-refractivity contribution in [2.24, 2.45) is 7.05 Å². The second kappa shape index (κ2) is 3.90. The van der Waals surface area contributed by atoms with Gasteiger partial charge in [0.1, 0.15) is 11.6 Å². The molecule has 2 atom stereocenters. The maximum Gasteiger partial charge on any atom is 0.147 e. The van der Waals surface area contributed by atoms with E-state index >= 15 is 0 Å². The van der Waals surface area contributed by atoms with Crippen molar-refractivity contribution in [3.8, 4) is 0 Å². The lowest BCUT2D eigenvalue weighted by Crippen LogP contribution is -2.21. The molecule has 4 rings (SSSR count). The normalized spacial score (nSPS) is 24.9. The van der Waals surface area contributed by atoms with Crippen LogP contribution in [0.1, 0.15) is 47.7 Å². The topological polar surface area (TPSA) is 34.0 Å². The Hall–Kier alpha value is -1.68. The third-order valence-electron chi connectivity index (χ3n) is 4.73. The zero-order valence-electron chi connectivity index (χ0n) is 11.4. The summed E-state index contributed by atoms with van der Waals surface area (Å²) >= 11 is 0. The van der Waals surface area contributed by atoms with Crippen molar-refractivity contribution in [1.82, 2.24) is 19.7 Å². The van der Waals surface area contributed by atoms with Gasteiger partial charge in [0.05, 0.1) is 6.54 Å². The second-order valence-electron chi connectivity index (χ2n) is 5.63. The Bertz CT molecular complexity index is 600. The third kappa shape index (κ3) is 1.49. The van der Waals surface area contributed by atoms with Gasteiger partial charge >= 0.3 is 0 Å². The average molecular weight is 254 g/mol. The highest BCUT2D eigenvalue weighted by atomic mass is 15.3. The molecular weight excluding hydrogens is 236 g/mol. The Kier molecular flexibility index (Phi) is 2.30. The summed E-state index contributed by atoms with van der Waals surface area (Å²) in [4.78, 5) is 2.59. The molecule has 0 radical (unpaired) electrons. The number of hydrogen-bond donors (Lipinski definition) is 0. The number of nitrogens with zero attached hydrogens (tertiary/aromatic N) is 4. The Morgan fingerprint density at radius 2 is 1.74 bits per heavy atom. The van der Waals surface area contributed by atoms with E-state index in [-0.39, 0.29) is 0 Å². The quantitative estimate of drug-likeness (QED) is 0.825.